The maximum atomic E-state index is 12.1. The Balaban J connectivity index is 0.00000288. The molecule has 0 bridgehead atoms. The largest absolute Gasteiger partial charge is 1.00 e. The number of aliphatic hydroxyl groups excluding tert-OH is 1. The topological polar surface area (TPSA) is 119 Å². The van der Waals surface area contributed by atoms with Crippen LogP contribution >= 0.6 is 0 Å². The maximum Gasteiger partial charge on any atom is 1.00 e. The minimum atomic E-state index is -1.49. The number of nitrogens with zero attached hydrogens (tertiary/aromatic N) is 1. The van der Waals surface area contributed by atoms with E-state index < -0.39 is 35.5 Å². The number of carbonyl (C=O) groups is 3. The Bertz CT molecular complexity index is 587. The van der Waals surface area contributed by atoms with Gasteiger partial charge in [-0.2, -0.15) is 0 Å². The van der Waals surface area contributed by atoms with Gasteiger partial charge in [-0.1, -0.05) is 13.8 Å². The van der Waals surface area contributed by atoms with Crippen LogP contribution in [-0.4, -0.2) is 46.7 Å². The molecule has 2 aliphatic heterocycles. The fourth-order valence-corrected chi connectivity index (χ4v) is 2.92. The normalized spacial score (nSPS) is 23.7. The molecule has 2 aliphatic rings. The Morgan fingerprint density at radius 1 is 1.46 bits per heavy atom. The summed E-state index contributed by atoms with van der Waals surface area (Å²) in [5.41, 5.74) is -1.01. The third-order valence-corrected chi connectivity index (χ3v) is 4.23. The Morgan fingerprint density at radius 3 is 2.50 bits per heavy atom. The molecule has 0 aromatic carbocycles. The van der Waals surface area contributed by atoms with E-state index >= 15 is 0 Å². The number of aliphatic carboxylic acids is 1. The van der Waals surface area contributed by atoms with Crippen LogP contribution in [0.25, 0.3) is 0 Å². The van der Waals surface area contributed by atoms with Crippen LogP contribution in [0.5, 0.6) is 0 Å². The molecular weight excluding hydrogens is 343 g/mol. The van der Waals surface area contributed by atoms with E-state index in [2.05, 4.69) is 5.32 Å². The molecule has 2 heterocycles. The van der Waals surface area contributed by atoms with Crippen molar-refractivity contribution in [2.45, 2.75) is 46.4 Å². The van der Waals surface area contributed by atoms with Crippen molar-refractivity contribution in [1.29, 1.82) is 0 Å². The van der Waals surface area contributed by atoms with E-state index in [-0.39, 0.29) is 68.7 Å². The number of hydrogen-bond acceptors (Lipinski definition) is 6. The number of rotatable bonds is 6. The van der Waals surface area contributed by atoms with Crippen LogP contribution in [0.3, 0.4) is 0 Å². The summed E-state index contributed by atoms with van der Waals surface area (Å²) < 4.78 is 5.69. The van der Waals surface area contributed by atoms with Gasteiger partial charge in [-0.3, -0.25) is 14.5 Å². The Kier molecular flexibility index (Phi) is 7.05. The van der Waals surface area contributed by atoms with Gasteiger partial charge in [0, 0.05) is 18.9 Å². The van der Waals surface area contributed by atoms with Crippen molar-refractivity contribution in [2.75, 3.05) is 6.54 Å². The molecule has 0 saturated carbocycles. The number of aliphatic hydroxyl groups is 1. The van der Waals surface area contributed by atoms with Crippen molar-refractivity contribution < 1.29 is 80.7 Å². The van der Waals surface area contributed by atoms with E-state index in [4.69, 9.17) is 4.74 Å². The Labute approximate surface area is 183 Å². The number of allylic oxidation sites excluding steroid dienone is 1. The van der Waals surface area contributed by atoms with Crippen molar-refractivity contribution >= 4 is 17.8 Å². The SMILES string of the molecule is CC(=O)NCCC(C)(C)C1=C(C(=O)[O-])N2C(=O)[C@H]([C@@H](C)O)[C@H]2O1.[K+]. The number of hydrogen-bond donors (Lipinski definition) is 2. The number of fused-ring (bicyclic) bond motifs is 1. The quantitative estimate of drug-likeness (QED) is 0.364. The van der Waals surface area contributed by atoms with Crippen molar-refractivity contribution in [3.63, 3.8) is 0 Å². The van der Waals surface area contributed by atoms with Gasteiger partial charge in [0.1, 0.15) is 17.4 Å². The first-order valence-corrected chi connectivity index (χ1v) is 7.46. The molecule has 0 aliphatic carbocycles. The second kappa shape index (κ2) is 7.84. The first-order chi connectivity index (χ1) is 10.6. The van der Waals surface area contributed by atoms with Crippen LogP contribution in [0.1, 0.15) is 34.1 Å². The molecule has 1 fully saturated rings. The van der Waals surface area contributed by atoms with E-state index in [1.54, 1.807) is 13.8 Å². The molecule has 0 aromatic rings. The van der Waals surface area contributed by atoms with Crippen molar-refractivity contribution in [3.8, 4) is 0 Å². The summed E-state index contributed by atoms with van der Waals surface area (Å²) in [6.07, 6.45) is -1.33. The molecule has 2 rings (SSSR count). The monoisotopic (exact) mass is 364 g/mol. The van der Waals surface area contributed by atoms with Crippen LogP contribution in [-0.2, 0) is 19.1 Å². The zero-order valence-corrected chi connectivity index (χ0v) is 17.7. The first-order valence-electron chi connectivity index (χ1n) is 7.46. The Morgan fingerprint density at radius 2 is 2.04 bits per heavy atom. The summed E-state index contributed by atoms with van der Waals surface area (Å²) in [7, 11) is 0. The molecular formula is C15H21KN2O6. The number of carbonyl (C=O) groups excluding carboxylic acids is 3. The van der Waals surface area contributed by atoms with Crippen LogP contribution in [0.15, 0.2) is 11.5 Å². The number of amides is 2. The van der Waals surface area contributed by atoms with E-state index in [1.807, 2.05) is 0 Å². The van der Waals surface area contributed by atoms with Crippen LogP contribution < -0.4 is 61.8 Å². The molecule has 9 heteroatoms. The Hall–Kier alpha value is -0.454. The second-order valence-corrected chi connectivity index (χ2v) is 6.57. The van der Waals surface area contributed by atoms with E-state index in [1.165, 1.54) is 13.8 Å². The maximum absolute atomic E-state index is 12.1. The summed E-state index contributed by atoms with van der Waals surface area (Å²) in [5.74, 6) is -2.81. The zero-order valence-electron chi connectivity index (χ0n) is 14.6. The minimum absolute atomic E-state index is 0. The van der Waals surface area contributed by atoms with Gasteiger partial charge in [-0.25, -0.2) is 0 Å². The average molecular weight is 364 g/mol. The smallest absolute Gasteiger partial charge is 0.543 e. The minimum Gasteiger partial charge on any atom is -0.543 e. The molecule has 2 N–H and O–H groups in total. The molecule has 8 nitrogen and oxygen atoms in total. The van der Waals surface area contributed by atoms with Gasteiger partial charge in [0.25, 0.3) is 0 Å². The predicted molar refractivity (Wildman–Crippen MR) is 76.0 cm³/mol. The number of β-lactam (4-membered cyclic amide) rings is 1. The molecule has 1 saturated heterocycles. The van der Waals surface area contributed by atoms with Gasteiger partial charge in [0.2, 0.25) is 11.8 Å². The van der Waals surface area contributed by atoms with Crippen LogP contribution in [0, 0.1) is 11.3 Å². The van der Waals surface area contributed by atoms with Crippen molar-refractivity contribution in [2.24, 2.45) is 11.3 Å². The molecule has 0 radical (unpaired) electrons. The summed E-state index contributed by atoms with van der Waals surface area (Å²) in [4.78, 5) is 35.5. The van der Waals surface area contributed by atoms with Crippen molar-refractivity contribution in [3.05, 3.63) is 11.5 Å². The van der Waals surface area contributed by atoms with Gasteiger partial charge in [-0.15, -0.1) is 0 Å². The summed E-state index contributed by atoms with van der Waals surface area (Å²) >= 11 is 0. The second-order valence-electron chi connectivity index (χ2n) is 6.57. The van der Waals surface area contributed by atoms with E-state index in [0.29, 0.717) is 13.0 Å². The van der Waals surface area contributed by atoms with E-state index in [0.717, 1.165) is 4.90 Å². The summed E-state index contributed by atoms with van der Waals surface area (Å²) in [6.45, 7) is 6.72. The summed E-state index contributed by atoms with van der Waals surface area (Å²) in [6, 6.07) is 0. The molecule has 24 heavy (non-hydrogen) atoms. The van der Waals surface area contributed by atoms with Crippen LogP contribution in [0.2, 0.25) is 0 Å². The number of nitrogens with one attached hydrogen (secondary N) is 1. The van der Waals surface area contributed by atoms with Gasteiger partial charge < -0.3 is 25.1 Å². The molecule has 128 valence electrons. The molecule has 0 spiro atoms. The van der Waals surface area contributed by atoms with Crippen molar-refractivity contribution in [1.82, 2.24) is 10.2 Å². The molecule has 2 amide bonds. The number of carboxylic acid groups (broad SMARTS) is 1. The zero-order chi connectivity index (χ0) is 17.5. The molecule has 0 aromatic heterocycles. The third kappa shape index (κ3) is 3.86. The van der Waals surface area contributed by atoms with Crippen LogP contribution in [0.4, 0.5) is 0 Å². The molecule has 3 atom stereocenters. The third-order valence-electron chi connectivity index (χ3n) is 4.23. The van der Waals surface area contributed by atoms with Gasteiger partial charge in [-0.05, 0) is 13.3 Å². The number of carboxylic acids is 1. The first kappa shape index (κ1) is 21.6. The molecule has 0 unspecified atom stereocenters. The van der Waals surface area contributed by atoms with Gasteiger partial charge >= 0.3 is 51.4 Å². The standard InChI is InChI=1S/C15H22N2O6.K/c1-7(18)9-12(20)17-10(14(21)22)11(23-13(9)17)15(3,4)5-6-16-8(2)19;/h7,9,13,18H,5-6H2,1-4H3,(H,16,19)(H,21,22);/q;+1/p-1/t7-,9+,13-;/m1./s1. The summed E-state index contributed by atoms with van der Waals surface area (Å²) in [5, 5.41) is 23.8. The fraction of sp³-hybridized carbons (Fsp3) is 0.667. The van der Waals surface area contributed by atoms with E-state index in [9.17, 15) is 24.6 Å². The average Bonchev–Trinajstić information content (AvgIpc) is 2.73. The fourth-order valence-electron chi connectivity index (χ4n) is 2.92. The van der Waals surface area contributed by atoms with Gasteiger partial charge in [0.05, 0.1) is 12.1 Å². The number of ether oxygens (including phenoxy) is 1. The predicted octanol–water partition coefficient (Wildman–Crippen LogP) is -4.30. The van der Waals surface area contributed by atoms with Gasteiger partial charge in [0.15, 0.2) is 6.23 Å².